The monoisotopic (exact) mass is 290 g/mol. The van der Waals surface area contributed by atoms with Crippen molar-refractivity contribution in [3.63, 3.8) is 0 Å². The van der Waals surface area contributed by atoms with Crippen molar-refractivity contribution in [3.05, 3.63) is 23.9 Å². The number of hydrogen-bond donors (Lipinski definition) is 1. The van der Waals surface area contributed by atoms with Gasteiger partial charge in [0.25, 0.3) is 0 Å². The highest BCUT2D eigenvalue weighted by Gasteiger charge is 2.35. The molecular formula is C14H18N4O3. The Morgan fingerprint density at radius 3 is 2.95 bits per heavy atom. The quantitative estimate of drug-likeness (QED) is 0.881. The number of pyridine rings is 1. The van der Waals surface area contributed by atoms with Gasteiger partial charge in [-0.25, -0.2) is 19.5 Å². The van der Waals surface area contributed by atoms with E-state index in [0.717, 1.165) is 12.0 Å². The summed E-state index contributed by atoms with van der Waals surface area (Å²) in [5.74, 6) is 0.568. The first-order valence-corrected chi connectivity index (χ1v) is 7.07. The topological polar surface area (TPSA) is 74.8 Å². The van der Waals surface area contributed by atoms with Crippen LogP contribution in [0.15, 0.2) is 18.3 Å². The summed E-state index contributed by atoms with van der Waals surface area (Å²) in [6.45, 7) is 4.00. The molecule has 1 atom stereocenters. The number of aromatic nitrogens is 1. The van der Waals surface area contributed by atoms with Crippen molar-refractivity contribution < 1.29 is 14.3 Å². The van der Waals surface area contributed by atoms with E-state index in [1.165, 1.54) is 4.90 Å². The number of rotatable bonds is 2. The van der Waals surface area contributed by atoms with E-state index < -0.39 is 0 Å². The summed E-state index contributed by atoms with van der Waals surface area (Å²) in [5, 5.41) is 2.63. The van der Waals surface area contributed by atoms with Crippen molar-refractivity contribution in [2.45, 2.75) is 19.4 Å². The number of likely N-dealkylation sites (tertiary alicyclic amines) is 1. The minimum Gasteiger partial charge on any atom is -0.472 e. The molecule has 0 bridgehead atoms. The first kappa shape index (κ1) is 13.7. The number of urea groups is 2. The molecule has 0 unspecified atom stereocenters. The zero-order chi connectivity index (χ0) is 14.8. The number of amides is 4. The average Bonchev–Trinajstić information content (AvgIpc) is 3.10. The molecule has 1 aromatic rings. The standard InChI is InChI=1S/C14H18N4O3/c1-10-2-3-12(16-8-10)21-11-4-6-17(9-11)14(20)18-7-5-15-13(18)19/h2-3,8,11H,4-7,9H2,1H3,(H,15,19)/t11-/m0/s1. The molecule has 0 aromatic carbocycles. The normalized spacial score (nSPS) is 21.6. The van der Waals surface area contributed by atoms with Crippen molar-refractivity contribution in [2.75, 3.05) is 26.2 Å². The third-order valence-corrected chi connectivity index (χ3v) is 3.67. The molecule has 7 nitrogen and oxygen atoms in total. The van der Waals surface area contributed by atoms with Crippen LogP contribution in [0.3, 0.4) is 0 Å². The van der Waals surface area contributed by atoms with E-state index in [9.17, 15) is 9.59 Å². The fraction of sp³-hybridized carbons (Fsp3) is 0.500. The molecule has 0 aliphatic carbocycles. The molecule has 7 heteroatoms. The average molecular weight is 290 g/mol. The third-order valence-electron chi connectivity index (χ3n) is 3.67. The number of carbonyl (C=O) groups is 2. The van der Waals surface area contributed by atoms with Crippen LogP contribution < -0.4 is 10.1 Å². The van der Waals surface area contributed by atoms with Crippen LogP contribution in [0.25, 0.3) is 0 Å². The van der Waals surface area contributed by atoms with Gasteiger partial charge in [-0.2, -0.15) is 0 Å². The number of nitrogens with one attached hydrogen (secondary N) is 1. The second kappa shape index (κ2) is 5.59. The smallest absolute Gasteiger partial charge is 0.328 e. The molecule has 2 aliphatic rings. The molecule has 2 fully saturated rings. The van der Waals surface area contributed by atoms with Gasteiger partial charge >= 0.3 is 12.1 Å². The number of carbonyl (C=O) groups excluding carboxylic acids is 2. The minimum absolute atomic E-state index is 0.0742. The van der Waals surface area contributed by atoms with Crippen LogP contribution in [0.4, 0.5) is 9.59 Å². The summed E-state index contributed by atoms with van der Waals surface area (Å²) in [4.78, 5) is 30.8. The number of imide groups is 1. The van der Waals surface area contributed by atoms with E-state index in [0.29, 0.717) is 32.1 Å². The van der Waals surface area contributed by atoms with Gasteiger partial charge in [0, 0.05) is 38.3 Å². The van der Waals surface area contributed by atoms with Gasteiger partial charge in [-0.15, -0.1) is 0 Å². The van der Waals surface area contributed by atoms with E-state index in [2.05, 4.69) is 10.3 Å². The lowest BCUT2D eigenvalue weighted by Gasteiger charge is -2.21. The van der Waals surface area contributed by atoms with E-state index in [-0.39, 0.29) is 18.2 Å². The Morgan fingerprint density at radius 1 is 1.43 bits per heavy atom. The van der Waals surface area contributed by atoms with E-state index in [1.807, 2.05) is 19.1 Å². The number of ether oxygens (including phenoxy) is 1. The predicted molar refractivity (Wildman–Crippen MR) is 75.1 cm³/mol. The first-order chi connectivity index (χ1) is 10.1. The molecule has 3 heterocycles. The molecule has 0 saturated carbocycles. The maximum absolute atomic E-state index is 12.2. The Labute approximate surface area is 122 Å². The van der Waals surface area contributed by atoms with Gasteiger partial charge in [0.05, 0.1) is 6.54 Å². The summed E-state index contributed by atoms with van der Waals surface area (Å²) in [5.41, 5.74) is 1.07. The first-order valence-electron chi connectivity index (χ1n) is 7.07. The molecule has 21 heavy (non-hydrogen) atoms. The van der Waals surface area contributed by atoms with E-state index in [4.69, 9.17) is 4.74 Å². The molecule has 2 saturated heterocycles. The molecule has 4 amide bonds. The van der Waals surface area contributed by atoms with Crippen LogP contribution >= 0.6 is 0 Å². The van der Waals surface area contributed by atoms with Crippen LogP contribution in [-0.2, 0) is 0 Å². The molecule has 1 N–H and O–H groups in total. The Balaban J connectivity index is 1.56. The number of aryl methyl sites for hydroxylation is 1. The second-order valence-electron chi connectivity index (χ2n) is 5.31. The minimum atomic E-state index is -0.315. The highest BCUT2D eigenvalue weighted by Crippen LogP contribution is 2.18. The summed E-state index contributed by atoms with van der Waals surface area (Å²) in [6, 6.07) is 3.21. The lowest BCUT2D eigenvalue weighted by Crippen LogP contribution is -2.44. The largest absolute Gasteiger partial charge is 0.472 e. The summed E-state index contributed by atoms with van der Waals surface area (Å²) < 4.78 is 5.78. The van der Waals surface area contributed by atoms with Gasteiger partial charge in [-0.1, -0.05) is 6.07 Å². The van der Waals surface area contributed by atoms with Crippen LogP contribution in [0.2, 0.25) is 0 Å². The van der Waals surface area contributed by atoms with Crippen molar-refractivity contribution in [1.82, 2.24) is 20.1 Å². The zero-order valence-electron chi connectivity index (χ0n) is 11.9. The molecule has 2 aliphatic heterocycles. The van der Waals surface area contributed by atoms with Crippen molar-refractivity contribution in [1.29, 1.82) is 0 Å². The van der Waals surface area contributed by atoms with Crippen LogP contribution in [0.1, 0.15) is 12.0 Å². The van der Waals surface area contributed by atoms with E-state index in [1.54, 1.807) is 11.1 Å². The van der Waals surface area contributed by atoms with Crippen molar-refractivity contribution in [3.8, 4) is 5.88 Å². The van der Waals surface area contributed by atoms with Crippen molar-refractivity contribution >= 4 is 12.1 Å². The van der Waals surface area contributed by atoms with Crippen LogP contribution in [0, 0.1) is 6.92 Å². The molecule has 1 aromatic heterocycles. The Kier molecular flexibility index (Phi) is 3.64. The Morgan fingerprint density at radius 2 is 2.29 bits per heavy atom. The highest BCUT2D eigenvalue weighted by molar-refractivity contribution is 5.95. The second-order valence-corrected chi connectivity index (χ2v) is 5.31. The predicted octanol–water partition coefficient (Wildman–Crippen LogP) is 0.988. The molecule has 112 valence electrons. The van der Waals surface area contributed by atoms with Gasteiger partial charge < -0.3 is 15.0 Å². The van der Waals surface area contributed by atoms with Crippen LogP contribution in [-0.4, -0.2) is 59.1 Å². The van der Waals surface area contributed by atoms with E-state index >= 15 is 0 Å². The molecular weight excluding hydrogens is 272 g/mol. The highest BCUT2D eigenvalue weighted by atomic mass is 16.5. The maximum Gasteiger partial charge on any atom is 0.328 e. The van der Waals surface area contributed by atoms with Gasteiger partial charge in [0.2, 0.25) is 5.88 Å². The maximum atomic E-state index is 12.2. The van der Waals surface area contributed by atoms with Gasteiger partial charge in [-0.3, -0.25) is 0 Å². The summed E-state index contributed by atoms with van der Waals surface area (Å²) in [6.07, 6.45) is 2.42. The third kappa shape index (κ3) is 2.91. The van der Waals surface area contributed by atoms with Gasteiger partial charge in [0.15, 0.2) is 0 Å². The zero-order valence-corrected chi connectivity index (χ0v) is 11.9. The van der Waals surface area contributed by atoms with Crippen molar-refractivity contribution in [2.24, 2.45) is 0 Å². The lowest BCUT2D eigenvalue weighted by atomic mass is 10.3. The number of nitrogens with zero attached hydrogens (tertiary/aromatic N) is 3. The molecule has 3 rings (SSSR count). The Hall–Kier alpha value is -2.31. The lowest BCUT2D eigenvalue weighted by molar-refractivity contribution is 0.160. The fourth-order valence-corrected chi connectivity index (χ4v) is 2.52. The van der Waals surface area contributed by atoms with Gasteiger partial charge in [-0.05, 0) is 12.5 Å². The summed E-state index contributed by atoms with van der Waals surface area (Å²) >= 11 is 0. The summed E-state index contributed by atoms with van der Waals surface area (Å²) in [7, 11) is 0. The molecule has 0 spiro atoms. The Bertz CT molecular complexity index is 546. The fourth-order valence-electron chi connectivity index (χ4n) is 2.52. The molecule has 0 radical (unpaired) electrons. The van der Waals surface area contributed by atoms with Crippen LogP contribution in [0.5, 0.6) is 5.88 Å². The SMILES string of the molecule is Cc1ccc(O[C@H]2CCN(C(=O)N3CCNC3=O)C2)nc1. The number of hydrogen-bond acceptors (Lipinski definition) is 4. The van der Waals surface area contributed by atoms with Gasteiger partial charge in [0.1, 0.15) is 6.10 Å².